The Labute approximate surface area is 94.3 Å². The topological polar surface area (TPSA) is 18.5 Å². The molecule has 1 aliphatic rings. The SMILES string of the molecule is CC(C)(C)C[C@H]1OCCC1OC(C)(C)C. The average Bonchev–Trinajstić information content (AvgIpc) is 2.29. The Morgan fingerprint density at radius 2 is 1.73 bits per heavy atom. The van der Waals surface area contributed by atoms with Gasteiger partial charge in [-0.1, -0.05) is 20.8 Å². The van der Waals surface area contributed by atoms with Gasteiger partial charge in [-0.25, -0.2) is 0 Å². The van der Waals surface area contributed by atoms with Crippen molar-refractivity contribution in [1.29, 1.82) is 0 Å². The van der Waals surface area contributed by atoms with Gasteiger partial charge in [0.25, 0.3) is 0 Å². The summed E-state index contributed by atoms with van der Waals surface area (Å²) in [4.78, 5) is 0. The molecule has 1 heterocycles. The fourth-order valence-electron chi connectivity index (χ4n) is 2.01. The minimum absolute atomic E-state index is 0.0610. The third kappa shape index (κ3) is 4.98. The van der Waals surface area contributed by atoms with Crippen LogP contribution in [0.5, 0.6) is 0 Å². The molecule has 2 atom stereocenters. The molecule has 0 spiro atoms. The molecule has 0 amide bonds. The molecule has 1 fully saturated rings. The van der Waals surface area contributed by atoms with Gasteiger partial charge in [-0.05, 0) is 39.0 Å². The van der Waals surface area contributed by atoms with Crippen LogP contribution in [0.2, 0.25) is 0 Å². The maximum Gasteiger partial charge on any atom is 0.0865 e. The summed E-state index contributed by atoms with van der Waals surface area (Å²) in [5.74, 6) is 0. The predicted octanol–water partition coefficient (Wildman–Crippen LogP) is 3.40. The number of hydrogen-bond acceptors (Lipinski definition) is 2. The average molecular weight is 214 g/mol. The van der Waals surface area contributed by atoms with Crippen LogP contribution in [0.4, 0.5) is 0 Å². The monoisotopic (exact) mass is 214 g/mol. The van der Waals surface area contributed by atoms with E-state index < -0.39 is 0 Å². The summed E-state index contributed by atoms with van der Waals surface area (Å²) < 4.78 is 11.8. The molecule has 1 saturated heterocycles. The molecule has 0 N–H and O–H groups in total. The van der Waals surface area contributed by atoms with Crippen molar-refractivity contribution in [2.24, 2.45) is 5.41 Å². The zero-order chi connectivity index (χ0) is 11.7. The van der Waals surface area contributed by atoms with Crippen molar-refractivity contribution in [2.45, 2.75) is 72.2 Å². The van der Waals surface area contributed by atoms with E-state index in [4.69, 9.17) is 9.47 Å². The normalized spacial score (nSPS) is 28.4. The standard InChI is InChI=1S/C13H26O2/c1-12(2,3)9-11-10(7-8-14-11)15-13(4,5)6/h10-11H,7-9H2,1-6H3/t10?,11-/m1/s1. The molecule has 0 saturated carbocycles. The first-order chi connectivity index (χ1) is 6.67. The Morgan fingerprint density at radius 3 is 2.20 bits per heavy atom. The lowest BCUT2D eigenvalue weighted by atomic mass is 9.87. The maximum absolute atomic E-state index is 6.03. The molecule has 2 heteroatoms. The van der Waals surface area contributed by atoms with E-state index in [1.807, 2.05) is 0 Å². The Morgan fingerprint density at radius 1 is 1.13 bits per heavy atom. The van der Waals surface area contributed by atoms with Gasteiger partial charge >= 0.3 is 0 Å². The summed E-state index contributed by atoms with van der Waals surface area (Å²) in [6.45, 7) is 13.9. The summed E-state index contributed by atoms with van der Waals surface area (Å²) in [5.41, 5.74) is 0.253. The fourth-order valence-corrected chi connectivity index (χ4v) is 2.01. The number of hydrogen-bond donors (Lipinski definition) is 0. The zero-order valence-corrected chi connectivity index (χ0v) is 11.1. The van der Waals surface area contributed by atoms with Crippen LogP contribution in [0.1, 0.15) is 54.4 Å². The zero-order valence-electron chi connectivity index (χ0n) is 11.1. The molecule has 1 unspecified atom stereocenters. The van der Waals surface area contributed by atoms with Crippen LogP contribution in [0.15, 0.2) is 0 Å². The van der Waals surface area contributed by atoms with Crippen molar-refractivity contribution in [3.63, 3.8) is 0 Å². The van der Waals surface area contributed by atoms with E-state index in [9.17, 15) is 0 Å². The Balaban J connectivity index is 2.50. The molecule has 0 radical (unpaired) electrons. The van der Waals surface area contributed by atoms with E-state index in [0.29, 0.717) is 5.41 Å². The predicted molar refractivity (Wildman–Crippen MR) is 63.1 cm³/mol. The van der Waals surface area contributed by atoms with Crippen LogP contribution < -0.4 is 0 Å². The Kier molecular flexibility index (Phi) is 3.83. The summed E-state index contributed by atoms with van der Waals surface area (Å²) in [6.07, 6.45) is 2.68. The van der Waals surface area contributed by atoms with Gasteiger partial charge in [0, 0.05) is 6.61 Å². The second kappa shape index (κ2) is 4.42. The quantitative estimate of drug-likeness (QED) is 0.701. The Bertz CT molecular complexity index is 176. The molecule has 0 aromatic carbocycles. The molecule has 1 aliphatic heterocycles. The minimum Gasteiger partial charge on any atom is -0.375 e. The third-order valence-electron chi connectivity index (χ3n) is 2.47. The number of rotatable bonds is 2. The summed E-state index contributed by atoms with van der Waals surface area (Å²) in [6, 6.07) is 0. The van der Waals surface area contributed by atoms with E-state index in [0.717, 1.165) is 19.4 Å². The van der Waals surface area contributed by atoms with E-state index >= 15 is 0 Å². The molecule has 0 aromatic rings. The minimum atomic E-state index is -0.0610. The lowest BCUT2D eigenvalue weighted by molar-refractivity contribution is -0.0949. The van der Waals surface area contributed by atoms with Gasteiger partial charge < -0.3 is 9.47 Å². The van der Waals surface area contributed by atoms with Crippen molar-refractivity contribution in [2.75, 3.05) is 6.61 Å². The third-order valence-corrected chi connectivity index (χ3v) is 2.47. The molecule has 2 nitrogen and oxygen atoms in total. The van der Waals surface area contributed by atoms with Crippen molar-refractivity contribution >= 4 is 0 Å². The largest absolute Gasteiger partial charge is 0.375 e. The fraction of sp³-hybridized carbons (Fsp3) is 1.00. The first-order valence-corrected chi connectivity index (χ1v) is 5.97. The Hall–Kier alpha value is -0.0800. The van der Waals surface area contributed by atoms with Gasteiger partial charge in [0.05, 0.1) is 17.8 Å². The van der Waals surface area contributed by atoms with Gasteiger partial charge in [-0.3, -0.25) is 0 Å². The van der Waals surface area contributed by atoms with Crippen LogP contribution in [0.3, 0.4) is 0 Å². The molecule has 0 aliphatic carbocycles. The number of ether oxygens (including phenoxy) is 2. The molecule has 0 bridgehead atoms. The highest BCUT2D eigenvalue weighted by molar-refractivity contribution is 4.83. The van der Waals surface area contributed by atoms with Crippen molar-refractivity contribution in [1.82, 2.24) is 0 Å². The second-order valence-corrected chi connectivity index (χ2v) is 6.73. The maximum atomic E-state index is 6.03. The van der Waals surface area contributed by atoms with Crippen LogP contribution >= 0.6 is 0 Å². The summed E-state index contributed by atoms with van der Waals surface area (Å²) in [5, 5.41) is 0. The molecular formula is C13H26O2. The van der Waals surface area contributed by atoms with Gasteiger partial charge in [-0.2, -0.15) is 0 Å². The lowest BCUT2D eigenvalue weighted by Crippen LogP contribution is -2.35. The van der Waals surface area contributed by atoms with Crippen molar-refractivity contribution in [3.05, 3.63) is 0 Å². The molecule has 90 valence electrons. The molecule has 0 aromatic heterocycles. The lowest BCUT2D eigenvalue weighted by Gasteiger charge is -2.31. The van der Waals surface area contributed by atoms with Gasteiger partial charge in [0.1, 0.15) is 0 Å². The van der Waals surface area contributed by atoms with Crippen molar-refractivity contribution in [3.8, 4) is 0 Å². The first-order valence-electron chi connectivity index (χ1n) is 5.97. The van der Waals surface area contributed by atoms with Crippen LogP contribution in [-0.4, -0.2) is 24.4 Å². The highest BCUT2D eigenvalue weighted by Gasteiger charge is 2.34. The van der Waals surface area contributed by atoms with E-state index in [2.05, 4.69) is 41.5 Å². The molecule has 15 heavy (non-hydrogen) atoms. The van der Waals surface area contributed by atoms with Crippen LogP contribution in [0, 0.1) is 5.41 Å². The van der Waals surface area contributed by atoms with E-state index in [1.54, 1.807) is 0 Å². The highest BCUT2D eigenvalue weighted by Crippen LogP contribution is 2.31. The summed E-state index contributed by atoms with van der Waals surface area (Å²) >= 11 is 0. The molecular weight excluding hydrogens is 188 g/mol. The van der Waals surface area contributed by atoms with Gasteiger partial charge in [-0.15, -0.1) is 0 Å². The second-order valence-electron chi connectivity index (χ2n) is 6.73. The smallest absolute Gasteiger partial charge is 0.0865 e. The van der Waals surface area contributed by atoms with Gasteiger partial charge in [0.2, 0.25) is 0 Å². The highest BCUT2D eigenvalue weighted by atomic mass is 16.6. The van der Waals surface area contributed by atoms with Crippen LogP contribution in [0.25, 0.3) is 0 Å². The van der Waals surface area contributed by atoms with Gasteiger partial charge in [0.15, 0.2) is 0 Å². The first kappa shape index (κ1) is 13.0. The summed E-state index contributed by atoms with van der Waals surface area (Å²) in [7, 11) is 0. The molecule has 1 rings (SSSR count). The van der Waals surface area contributed by atoms with Crippen LogP contribution in [-0.2, 0) is 9.47 Å². The van der Waals surface area contributed by atoms with E-state index in [-0.39, 0.29) is 17.8 Å². The van der Waals surface area contributed by atoms with Crippen molar-refractivity contribution < 1.29 is 9.47 Å². The van der Waals surface area contributed by atoms with E-state index in [1.165, 1.54) is 0 Å².